The van der Waals surface area contributed by atoms with Crippen molar-refractivity contribution < 1.29 is 33.4 Å². The smallest absolute Gasteiger partial charge is 0.309 e. The van der Waals surface area contributed by atoms with Crippen molar-refractivity contribution in [2.75, 3.05) is 40.0 Å². The summed E-state index contributed by atoms with van der Waals surface area (Å²) < 4.78 is 16.5. The van der Waals surface area contributed by atoms with E-state index in [0.717, 1.165) is 31.2 Å². The molecule has 3 rings (SSSR count). The summed E-state index contributed by atoms with van der Waals surface area (Å²) in [4.78, 5) is 55.2. The second-order valence-electron chi connectivity index (χ2n) is 11.5. The van der Waals surface area contributed by atoms with Gasteiger partial charge in [-0.3, -0.25) is 24.2 Å². The highest BCUT2D eigenvalue weighted by atomic mass is 16.6. The molecule has 40 heavy (non-hydrogen) atoms. The molecular formula is C29H44N4O7. The van der Waals surface area contributed by atoms with Crippen molar-refractivity contribution in [3.63, 3.8) is 0 Å². The van der Waals surface area contributed by atoms with Gasteiger partial charge in [-0.2, -0.15) is 0 Å². The third-order valence-electron chi connectivity index (χ3n) is 7.17. The zero-order valence-electron chi connectivity index (χ0n) is 24.1. The highest BCUT2D eigenvalue weighted by Crippen LogP contribution is 2.36. The van der Waals surface area contributed by atoms with Crippen LogP contribution in [0.4, 0.5) is 0 Å². The lowest BCUT2D eigenvalue weighted by Gasteiger charge is -2.30. The number of nitrogens with zero attached hydrogens (tertiary/aromatic N) is 2. The van der Waals surface area contributed by atoms with E-state index < -0.39 is 11.5 Å². The van der Waals surface area contributed by atoms with E-state index in [2.05, 4.69) is 15.6 Å². The first-order valence-corrected chi connectivity index (χ1v) is 14.2. The molecule has 1 aromatic heterocycles. The molecule has 0 unspecified atom stereocenters. The number of hydrogen-bond donors (Lipinski definition) is 2. The molecule has 0 aromatic carbocycles. The van der Waals surface area contributed by atoms with Crippen LogP contribution < -0.4 is 10.6 Å². The molecule has 1 aromatic rings. The maximum atomic E-state index is 12.7. The van der Waals surface area contributed by atoms with Gasteiger partial charge in [0.25, 0.3) is 0 Å². The zero-order valence-corrected chi connectivity index (χ0v) is 24.1. The predicted molar refractivity (Wildman–Crippen MR) is 147 cm³/mol. The molecule has 0 spiro atoms. The largest absolute Gasteiger partial charge is 0.460 e. The van der Waals surface area contributed by atoms with Gasteiger partial charge < -0.3 is 29.7 Å². The number of rotatable bonds is 13. The predicted octanol–water partition coefficient (Wildman–Crippen LogP) is 2.16. The van der Waals surface area contributed by atoms with Crippen LogP contribution >= 0.6 is 0 Å². The zero-order chi connectivity index (χ0) is 29.1. The van der Waals surface area contributed by atoms with Crippen molar-refractivity contribution in [1.29, 1.82) is 0 Å². The van der Waals surface area contributed by atoms with Gasteiger partial charge in [0.05, 0.1) is 44.3 Å². The number of amides is 3. The molecular weight excluding hydrogens is 516 g/mol. The van der Waals surface area contributed by atoms with Crippen molar-refractivity contribution in [2.24, 2.45) is 11.8 Å². The molecule has 1 aliphatic heterocycles. The summed E-state index contributed by atoms with van der Waals surface area (Å²) in [6.45, 7) is 7.21. The van der Waals surface area contributed by atoms with Crippen molar-refractivity contribution in [3.05, 3.63) is 30.1 Å². The molecule has 2 aliphatic rings. The Bertz CT molecular complexity index is 990. The number of nitrogens with one attached hydrogen (secondary N) is 2. The van der Waals surface area contributed by atoms with Crippen LogP contribution in [-0.2, 0) is 33.4 Å². The van der Waals surface area contributed by atoms with E-state index in [0.29, 0.717) is 26.4 Å². The number of likely N-dealkylation sites (tertiary alicyclic amines) is 1. The summed E-state index contributed by atoms with van der Waals surface area (Å²) in [5.74, 6) is -1.04. The minimum Gasteiger partial charge on any atom is -0.460 e. The molecule has 2 N–H and O–H groups in total. The SMILES string of the molecule is CN1C(=O)C[C@H](C(=O)NCCOCCOCCC(=O)N[C@H]2CC[C@@H](C(=O)OC(C)(C)C)CC2)[C@H]1c1cccnc1. The van der Waals surface area contributed by atoms with Crippen LogP contribution in [-0.4, -0.2) is 85.2 Å². The third kappa shape index (κ3) is 9.85. The Morgan fingerprint density at radius 2 is 1.75 bits per heavy atom. The summed E-state index contributed by atoms with van der Waals surface area (Å²) in [5, 5.41) is 5.89. The molecule has 1 saturated heterocycles. The van der Waals surface area contributed by atoms with Crippen LogP contribution in [0.5, 0.6) is 0 Å². The first kappa shape index (κ1) is 31.5. The normalized spacial score (nSPS) is 23.1. The summed E-state index contributed by atoms with van der Waals surface area (Å²) >= 11 is 0. The van der Waals surface area contributed by atoms with Crippen LogP contribution in [0.1, 0.15) is 70.9 Å². The van der Waals surface area contributed by atoms with E-state index in [-0.39, 0.29) is 61.1 Å². The lowest BCUT2D eigenvalue weighted by atomic mass is 9.86. The van der Waals surface area contributed by atoms with Crippen LogP contribution in [0.2, 0.25) is 0 Å². The topological polar surface area (TPSA) is 136 Å². The molecule has 2 heterocycles. The minimum absolute atomic E-state index is 0.0648. The average Bonchev–Trinajstić information content (AvgIpc) is 3.21. The number of carbonyl (C=O) groups excluding carboxylic acids is 4. The molecule has 2 fully saturated rings. The Balaban J connectivity index is 1.21. The molecule has 3 amide bonds. The highest BCUT2D eigenvalue weighted by Gasteiger charge is 2.42. The second-order valence-corrected chi connectivity index (χ2v) is 11.5. The van der Waals surface area contributed by atoms with Crippen molar-refractivity contribution in [3.8, 4) is 0 Å². The Labute approximate surface area is 236 Å². The van der Waals surface area contributed by atoms with Crippen molar-refractivity contribution in [2.45, 2.75) is 77.0 Å². The van der Waals surface area contributed by atoms with Gasteiger partial charge in [-0.25, -0.2) is 0 Å². The summed E-state index contributed by atoms with van der Waals surface area (Å²) in [5.41, 5.74) is 0.354. The molecule has 2 atom stereocenters. The molecule has 222 valence electrons. The fourth-order valence-corrected chi connectivity index (χ4v) is 5.13. The van der Waals surface area contributed by atoms with Gasteiger partial charge in [0.1, 0.15) is 5.60 Å². The van der Waals surface area contributed by atoms with Gasteiger partial charge in [-0.05, 0) is 58.1 Å². The summed E-state index contributed by atoms with van der Waals surface area (Å²) in [6, 6.07) is 3.41. The highest BCUT2D eigenvalue weighted by molar-refractivity contribution is 5.90. The maximum absolute atomic E-state index is 12.7. The fourth-order valence-electron chi connectivity index (χ4n) is 5.13. The van der Waals surface area contributed by atoms with Crippen LogP contribution in [0.25, 0.3) is 0 Å². The molecule has 1 aliphatic carbocycles. The molecule has 11 heteroatoms. The van der Waals surface area contributed by atoms with E-state index >= 15 is 0 Å². The molecule has 1 saturated carbocycles. The average molecular weight is 561 g/mol. The number of carbonyl (C=O) groups is 4. The first-order chi connectivity index (χ1) is 19.0. The Morgan fingerprint density at radius 1 is 1.05 bits per heavy atom. The first-order valence-electron chi connectivity index (χ1n) is 14.2. The van der Waals surface area contributed by atoms with E-state index in [4.69, 9.17) is 14.2 Å². The fraction of sp³-hybridized carbons (Fsp3) is 0.690. The monoisotopic (exact) mass is 560 g/mol. The van der Waals surface area contributed by atoms with Gasteiger partial charge in [-0.15, -0.1) is 0 Å². The van der Waals surface area contributed by atoms with Gasteiger partial charge >= 0.3 is 5.97 Å². The third-order valence-corrected chi connectivity index (χ3v) is 7.17. The van der Waals surface area contributed by atoms with E-state index in [9.17, 15) is 19.2 Å². The van der Waals surface area contributed by atoms with Gasteiger partial charge in [0, 0.05) is 44.9 Å². The summed E-state index contributed by atoms with van der Waals surface area (Å²) in [6.07, 6.45) is 6.73. The number of hydrogen-bond acceptors (Lipinski definition) is 8. The van der Waals surface area contributed by atoms with Gasteiger partial charge in [0.2, 0.25) is 17.7 Å². The Morgan fingerprint density at radius 3 is 2.40 bits per heavy atom. The maximum Gasteiger partial charge on any atom is 0.309 e. The van der Waals surface area contributed by atoms with Gasteiger partial charge in [0.15, 0.2) is 0 Å². The number of pyridine rings is 1. The second kappa shape index (κ2) is 15.1. The van der Waals surface area contributed by atoms with Crippen molar-refractivity contribution >= 4 is 23.7 Å². The molecule has 0 bridgehead atoms. The van der Waals surface area contributed by atoms with E-state index in [1.54, 1.807) is 30.4 Å². The Kier molecular flexibility index (Phi) is 11.9. The number of esters is 1. The van der Waals surface area contributed by atoms with Crippen LogP contribution in [0.15, 0.2) is 24.5 Å². The summed E-state index contributed by atoms with van der Waals surface area (Å²) in [7, 11) is 1.71. The number of ether oxygens (including phenoxy) is 3. The van der Waals surface area contributed by atoms with E-state index in [1.807, 2.05) is 26.8 Å². The standard InChI is InChI=1S/C29H44N4O7/c1-29(2,3)40-28(37)20-7-9-22(10-8-20)32-24(34)11-14-38-16-17-39-15-13-31-27(36)23-18-25(35)33(4)26(23)21-6-5-12-30-19-21/h5-6,12,19-20,22-23,26H,7-11,13-18H2,1-4H3,(H,31,36)(H,32,34)/t20-,22+,23-,26+/m0/s1. The van der Waals surface area contributed by atoms with Gasteiger partial charge in [-0.1, -0.05) is 6.07 Å². The molecule has 0 radical (unpaired) electrons. The Hall–Kier alpha value is -3.05. The lowest BCUT2D eigenvalue weighted by molar-refractivity contribution is -0.161. The van der Waals surface area contributed by atoms with Crippen LogP contribution in [0.3, 0.4) is 0 Å². The number of aromatic nitrogens is 1. The van der Waals surface area contributed by atoms with E-state index in [1.165, 1.54) is 0 Å². The minimum atomic E-state index is -0.483. The van der Waals surface area contributed by atoms with Crippen molar-refractivity contribution in [1.82, 2.24) is 20.5 Å². The molecule has 11 nitrogen and oxygen atoms in total. The van der Waals surface area contributed by atoms with Crippen LogP contribution in [0, 0.1) is 11.8 Å². The lowest BCUT2D eigenvalue weighted by Crippen LogP contribution is -2.40. The quantitative estimate of drug-likeness (QED) is 0.277.